The summed E-state index contributed by atoms with van der Waals surface area (Å²) in [4.78, 5) is 2.25. The van der Waals surface area contributed by atoms with Gasteiger partial charge in [-0.2, -0.15) is 0 Å². The highest BCUT2D eigenvalue weighted by molar-refractivity contribution is 5.61. The molecule has 2 N–H and O–H groups in total. The van der Waals surface area contributed by atoms with Crippen LogP contribution in [0.25, 0.3) is 0 Å². The van der Waals surface area contributed by atoms with Crippen molar-refractivity contribution in [2.45, 2.75) is 37.8 Å². The van der Waals surface area contributed by atoms with Gasteiger partial charge in [0.1, 0.15) is 11.5 Å². The van der Waals surface area contributed by atoms with Crippen molar-refractivity contribution in [3.8, 4) is 11.5 Å². The number of anilines is 1. The summed E-state index contributed by atoms with van der Waals surface area (Å²) in [7, 11) is 5.45. The summed E-state index contributed by atoms with van der Waals surface area (Å²) in [6, 6.07) is 6.55. The molecule has 0 spiro atoms. The normalized spacial score (nSPS) is 22.9. The summed E-state index contributed by atoms with van der Waals surface area (Å²) in [5.74, 6) is 1.64. The second-order valence-electron chi connectivity index (χ2n) is 5.16. The molecule has 1 saturated carbocycles. The molecule has 2 unspecified atom stereocenters. The summed E-state index contributed by atoms with van der Waals surface area (Å²) in [5.41, 5.74) is 7.33. The van der Waals surface area contributed by atoms with Crippen LogP contribution in [0.1, 0.15) is 25.7 Å². The van der Waals surface area contributed by atoms with Crippen molar-refractivity contribution >= 4 is 5.69 Å². The molecule has 1 aliphatic rings. The molecule has 4 nitrogen and oxygen atoms in total. The van der Waals surface area contributed by atoms with Crippen LogP contribution in [0.15, 0.2) is 18.2 Å². The fourth-order valence-corrected chi connectivity index (χ4v) is 2.88. The molecule has 2 atom stereocenters. The molecule has 1 aliphatic carbocycles. The van der Waals surface area contributed by atoms with E-state index in [1.165, 1.54) is 12.8 Å². The average Bonchev–Trinajstić information content (AvgIpc) is 2.46. The lowest BCUT2D eigenvalue weighted by atomic mass is 9.90. The SMILES string of the molecule is COc1ccc(N(C)C2CCCCC2N)c(OC)c1. The Morgan fingerprint density at radius 1 is 1.16 bits per heavy atom. The highest BCUT2D eigenvalue weighted by Crippen LogP contribution is 2.34. The zero-order chi connectivity index (χ0) is 13.8. The Morgan fingerprint density at radius 2 is 1.89 bits per heavy atom. The fourth-order valence-electron chi connectivity index (χ4n) is 2.88. The molecule has 1 fully saturated rings. The van der Waals surface area contributed by atoms with Gasteiger partial charge in [-0.15, -0.1) is 0 Å². The van der Waals surface area contributed by atoms with Gasteiger partial charge >= 0.3 is 0 Å². The molecule has 2 rings (SSSR count). The molecule has 0 radical (unpaired) electrons. The van der Waals surface area contributed by atoms with Crippen LogP contribution in [0.3, 0.4) is 0 Å². The Kier molecular flexibility index (Phi) is 4.53. The number of rotatable bonds is 4. The Bertz CT molecular complexity index is 423. The number of ether oxygens (including phenoxy) is 2. The van der Waals surface area contributed by atoms with Gasteiger partial charge in [-0.25, -0.2) is 0 Å². The molecule has 1 aromatic rings. The number of benzene rings is 1. The third-order valence-corrected chi connectivity index (χ3v) is 4.05. The van der Waals surface area contributed by atoms with E-state index >= 15 is 0 Å². The molecule has 106 valence electrons. The van der Waals surface area contributed by atoms with E-state index < -0.39 is 0 Å². The first-order valence-corrected chi connectivity index (χ1v) is 6.87. The molecule has 0 aromatic heterocycles. The molecule has 0 saturated heterocycles. The van der Waals surface area contributed by atoms with Gasteiger partial charge < -0.3 is 20.1 Å². The Hall–Kier alpha value is -1.42. The first-order valence-electron chi connectivity index (χ1n) is 6.87. The van der Waals surface area contributed by atoms with E-state index in [9.17, 15) is 0 Å². The third kappa shape index (κ3) is 2.95. The van der Waals surface area contributed by atoms with Crippen LogP contribution >= 0.6 is 0 Å². The van der Waals surface area contributed by atoms with Gasteiger partial charge in [0.15, 0.2) is 0 Å². The Morgan fingerprint density at radius 3 is 2.53 bits per heavy atom. The number of hydrogen-bond donors (Lipinski definition) is 1. The number of methoxy groups -OCH3 is 2. The van der Waals surface area contributed by atoms with Crippen LogP contribution < -0.4 is 20.1 Å². The maximum atomic E-state index is 6.26. The summed E-state index contributed by atoms with van der Waals surface area (Å²) < 4.78 is 10.7. The van der Waals surface area contributed by atoms with Crippen LogP contribution in [0.4, 0.5) is 5.69 Å². The zero-order valence-corrected chi connectivity index (χ0v) is 12.1. The molecule has 0 heterocycles. The smallest absolute Gasteiger partial charge is 0.145 e. The highest BCUT2D eigenvalue weighted by atomic mass is 16.5. The van der Waals surface area contributed by atoms with Crippen molar-refractivity contribution in [2.75, 3.05) is 26.2 Å². The van der Waals surface area contributed by atoms with Crippen LogP contribution in [0, 0.1) is 0 Å². The maximum absolute atomic E-state index is 6.26. The van der Waals surface area contributed by atoms with Crippen molar-refractivity contribution in [3.05, 3.63) is 18.2 Å². The molecule has 1 aromatic carbocycles. The molecular formula is C15H24N2O2. The van der Waals surface area contributed by atoms with E-state index in [0.717, 1.165) is 30.0 Å². The van der Waals surface area contributed by atoms with Crippen molar-refractivity contribution in [1.82, 2.24) is 0 Å². The molecular weight excluding hydrogens is 240 g/mol. The first kappa shape index (κ1) is 14.0. The van der Waals surface area contributed by atoms with E-state index in [1.807, 2.05) is 18.2 Å². The minimum atomic E-state index is 0.241. The number of nitrogens with two attached hydrogens (primary N) is 1. The van der Waals surface area contributed by atoms with E-state index in [0.29, 0.717) is 6.04 Å². The lowest BCUT2D eigenvalue weighted by molar-refractivity contribution is 0.365. The fraction of sp³-hybridized carbons (Fsp3) is 0.600. The van der Waals surface area contributed by atoms with Gasteiger partial charge in [0.2, 0.25) is 0 Å². The predicted molar refractivity (Wildman–Crippen MR) is 78.2 cm³/mol. The second kappa shape index (κ2) is 6.15. The van der Waals surface area contributed by atoms with Crippen LogP contribution in [-0.2, 0) is 0 Å². The summed E-state index contributed by atoms with van der Waals surface area (Å²) in [5, 5.41) is 0. The third-order valence-electron chi connectivity index (χ3n) is 4.05. The van der Waals surface area contributed by atoms with E-state index in [1.54, 1.807) is 14.2 Å². The van der Waals surface area contributed by atoms with Gasteiger partial charge in [0.25, 0.3) is 0 Å². The van der Waals surface area contributed by atoms with Crippen molar-refractivity contribution in [1.29, 1.82) is 0 Å². The van der Waals surface area contributed by atoms with E-state index in [4.69, 9.17) is 15.2 Å². The minimum Gasteiger partial charge on any atom is -0.497 e. The van der Waals surface area contributed by atoms with Gasteiger partial charge in [0, 0.05) is 25.2 Å². The van der Waals surface area contributed by atoms with Crippen molar-refractivity contribution in [3.63, 3.8) is 0 Å². The topological polar surface area (TPSA) is 47.7 Å². The average molecular weight is 264 g/mol. The van der Waals surface area contributed by atoms with Crippen molar-refractivity contribution < 1.29 is 9.47 Å². The van der Waals surface area contributed by atoms with E-state index in [-0.39, 0.29) is 6.04 Å². The van der Waals surface area contributed by atoms with Gasteiger partial charge in [0.05, 0.1) is 19.9 Å². The van der Waals surface area contributed by atoms with Gasteiger partial charge in [-0.3, -0.25) is 0 Å². The second-order valence-corrected chi connectivity index (χ2v) is 5.16. The predicted octanol–water partition coefficient (Wildman–Crippen LogP) is 2.41. The number of hydrogen-bond acceptors (Lipinski definition) is 4. The Balaban J connectivity index is 2.24. The summed E-state index contributed by atoms with van der Waals surface area (Å²) in [6.07, 6.45) is 4.74. The largest absolute Gasteiger partial charge is 0.497 e. The molecule has 4 heteroatoms. The standard InChI is InChI=1S/C15H24N2O2/c1-17(13-7-5-4-6-12(13)16)14-9-8-11(18-2)10-15(14)19-3/h8-10,12-13H,4-7,16H2,1-3H3. The lowest BCUT2D eigenvalue weighted by Crippen LogP contribution is -2.48. The van der Waals surface area contributed by atoms with Gasteiger partial charge in [-0.05, 0) is 25.0 Å². The maximum Gasteiger partial charge on any atom is 0.145 e. The zero-order valence-electron chi connectivity index (χ0n) is 12.1. The van der Waals surface area contributed by atoms with Crippen LogP contribution in [0.5, 0.6) is 11.5 Å². The van der Waals surface area contributed by atoms with Crippen molar-refractivity contribution in [2.24, 2.45) is 5.73 Å². The monoisotopic (exact) mass is 264 g/mol. The number of nitrogens with zero attached hydrogens (tertiary/aromatic N) is 1. The quantitative estimate of drug-likeness (QED) is 0.907. The molecule has 0 amide bonds. The molecule has 19 heavy (non-hydrogen) atoms. The highest BCUT2D eigenvalue weighted by Gasteiger charge is 2.27. The minimum absolute atomic E-state index is 0.241. The lowest BCUT2D eigenvalue weighted by Gasteiger charge is -2.38. The summed E-state index contributed by atoms with van der Waals surface area (Å²) in [6.45, 7) is 0. The van der Waals surface area contributed by atoms with Crippen LogP contribution in [-0.4, -0.2) is 33.4 Å². The number of likely N-dealkylation sites (N-methyl/N-ethyl adjacent to an activating group) is 1. The Labute approximate surface area is 115 Å². The summed E-state index contributed by atoms with van der Waals surface area (Å²) >= 11 is 0. The van der Waals surface area contributed by atoms with Gasteiger partial charge in [-0.1, -0.05) is 12.8 Å². The van der Waals surface area contributed by atoms with Crippen LogP contribution in [0.2, 0.25) is 0 Å². The van der Waals surface area contributed by atoms with E-state index in [2.05, 4.69) is 11.9 Å². The first-order chi connectivity index (χ1) is 9.17. The molecule has 0 aliphatic heterocycles. The molecule has 0 bridgehead atoms.